The van der Waals surface area contributed by atoms with Crippen molar-refractivity contribution in [3.05, 3.63) is 53.1 Å². The monoisotopic (exact) mass is 499 g/mol. The predicted octanol–water partition coefficient (Wildman–Crippen LogP) is 5.94. The van der Waals surface area contributed by atoms with E-state index in [1.54, 1.807) is 26.0 Å². The fourth-order valence-electron chi connectivity index (χ4n) is 4.88. The van der Waals surface area contributed by atoms with Crippen LogP contribution in [-0.4, -0.2) is 41.8 Å². The molecular weight excluding hydrogens is 471 g/mol. The molecule has 0 spiro atoms. The Balaban J connectivity index is 1.35. The van der Waals surface area contributed by atoms with Gasteiger partial charge in [-0.1, -0.05) is 18.2 Å². The highest BCUT2D eigenvalue weighted by Gasteiger charge is 2.58. The van der Waals surface area contributed by atoms with E-state index in [0.29, 0.717) is 65.3 Å². The smallest absolute Gasteiger partial charge is 0.256 e. The lowest BCUT2D eigenvalue weighted by molar-refractivity contribution is 0.0378. The van der Waals surface area contributed by atoms with Crippen molar-refractivity contribution in [3.63, 3.8) is 0 Å². The van der Waals surface area contributed by atoms with Crippen molar-refractivity contribution < 1.29 is 27.4 Å². The number of halogens is 3. The first kappa shape index (κ1) is 23.3. The fourth-order valence-corrected chi connectivity index (χ4v) is 4.88. The van der Waals surface area contributed by atoms with Gasteiger partial charge in [0.2, 0.25) is 0 Å². The number of anilines is 1. The molecule has 3 atom stereocenters. The zero-order valence-electron chi connectivity index (χ0n) is 20.2. The van der Waals surface area contributed by atoms with E-state index in [1.807, 2.05) is 12.1 Å². The van der Waals surface area contributed by atoms with Gasteiger partial charge < -0.3 is 19.5 Å². The average Bonchev–Trinajstić information content (AvgIpc) is 3.75. The van der Waals surface area contributed by atoms with Crippen molar-refractivity contribution >= 4 is 16.7 Å². The molecular formula is C27H28F3N3O3. The number of fused-ring (bicyclic) bond motifs is 2. The maximum absolute atomic E-state index is 15.3. The average molecular weight is 500 g/mol. The van der Waals surface area contributed by atoms with Crippen LogP contribution < -0.4 is 14.8 Å². The number of nitrogens with one attached hydrogen (secondary N) is 1. The molecule has 190 valence electrons. The highest BCUT2D eigenvalue weighted by molar-refractivity contribution is 5.92. The third-order valence-corrected chi connectivity index (χ3v) is 7.15. The summed E-state index contributed by atoms with van der Waals surface area (Å²) in [5.41, 5.74) is 1.04. The van der Waals surface area contributed by atoms with Gasteiger partial charge >= 0.3 is 0 Å². The van der Waals surface area contributed by atoms with Crippen LogP contribution in [0.1, 0.15) is 55.1 Å². The van der Waals surface area contributed by atoms with Crippen LogP contribution in [0.4, 0.5) is 19.0 Å². The molecule has 1 aromatic heterocycles. The number of nitrogens with zero attached hydrogens (tertiary/aromatic N) is 2. The van der Waals surface area contributed by atoms with Crippen LogP contribution in [0.2, 0.25) is 0 Å². The van der Waals surface area contributed by atoms with Gasteiger partial charge in [0.25, 0.3) is 5.92 Å². The lowest BCUT2D eigenvalue weighted by atomic mass is 10.0. The van der Waals surface area contributed by atoms with Crippen LogP contribution in [0, 0.1) is 18.7 Å². The Morgan fingerprint density at radius 1 is 1.11 bits per heavy atom. The standard InChI is InChI=1S/C27H28F3N3O3/c1-14(17-4-3-5-18(25(17)28)20-12-27(20,29)30)31-26-19-10-23-22(11-21(19)32-15(2)33-26)35-9-8-34-13-24(36-23)16-6-7-16/h3-5,10-11,14,16,20,24H,6-9,12-13H2,1-2H3,(H,31,32,33). The van der Waals surface area contributed by atoms with E-state index in [4.69, 9.17) is 14.2 Å². The maximum Gasteiger partial charge on any atom is 0.256 e. The Bertz CT molecular complexity index is 1310. The molecule has 3 unspecified atom stereocenters. The fraction of sp³-hybridized carbons (Fsp3) is 0.481. The van der Waals surface area contributed by atoms with Crippen LogP contribution in [0.15, 0.2) is 30.3 Å². The normalized spacial score (nSPS) is 23.9. The number of rotatable bonds is 5. The molecule has 0 amide bonds. The first-order valence-electron chi connectivity index (χ1n) is 12.4. The van der Waals surface area contributed by atoms with E-state index >= 15 is 4.39 Å². The Morgan fingerprint density at radius 2 is 1.92 bits per heavy atom. The van der Waals surface area contributed by atoms with Crippen LogP contribution in [0.25, 0.3) is 10.9 Å². The number of aryl methyl sites for hydroxylation is 1. The Morgan fingerprint density at radius 3 is 2.67 bits per heavy atom. The summed E-state index contributed by atoms with van der Waals surface area (Å²) < 4.78 is 60.5. The van der Waals surface area contributed by atoms with E-state index < -0.39 is 23.7 Å². The molecule has 2 saturated carbocycles. The first-order chi connectivity index (χ1) is 17.3. The summed E-state index contributed by atoms with van der Waals surface area (Å²) in [6.45, 7) is 4.96. The van der Waals surface area contributed by atoms with Crippen LogP contribution in [-0.2, 0) is 4.74 Å². The quantitative estimate of drug-likeness (QED) is 0.469. The second kappa shape index (κ2) is 8.80. The predicted molar refractivity (Wildman–Crippen MR) is 128 cm³/mol. The number of aromatic nitrogens is 2. The van der Waals surface area contributed by atoms with E-state index in [0.717, 1.165) is 12.8 Å². The van der Waals surface area contributed by atoms with Crippen molar-refractivity contribution in [3.8, 4) is 11.5 Å². The summed E-state index contributed by atoms with van der Waals surface area (Å²) in [6, 6.07) is 7.85. The summed E-state index contributed by atoms with van der Waals surface area (Å²) in [7, 11) is 0. The Kier molecular flexibility index (Phi) is 5.70. The zero-order valence-corrected chi connectivity index (χ0v) is 20.2. The molecule has 36 heavy (non-hydrogen) atoms. The lowest BCUT2D eigenvalue weighted by Crippen LogP contribution is -2.25. The summed E-state index contributed by atoms with van der Waals surface area (Å²) in [5, 5.41) is 3.99. The van der Waals surface area contributed by atoms with Crippen molar-refractivity contribution in [2.45, 2.75) is 57.1 Å². The maximum atomic E-state index is 15.3. The lowest BCUT2D eigenvalue weighted by Gasteiger charge is -2.21. The molecule has 3 aliphatic rings. The number of hydrogen-bond donors (Lipinski definition) is 1. The largest absolute Gasteiger partial charge is 0.487 e. The molecule has 2 aliphatic carbocycles. The molecule has 1 N–H and O–H groups in total. The number of ether oxygens (including phenoxy) is 3. The molecule has 2 heterocycles. The summed E-state index contributed by atoms with van der Waals surface area (Å²) in [6.07, 6.45) is 1.86. The van der Waals surface area contributed by atoms with Gasteiger partial charge in [0.15, 0.2) is 11.5 Å². The van der Waals surface area contributed by atoms with Gasteiger partial charge in [0.1, 0.15) is 30.2 Å². The van der Waals surface area contributed by atoms with Gasteiger partial charge in [0, 0.05) is 23.4 Å². The molecule has 2 fully saturated rings. The second-order valence-electron chi connectivity index (χ2n) is 9.99. The Hall–Kier alpha value is -3.07. The van der Waals surface area contributed by atoms with Gasteiger partial charge in [-0.15, -0.1) is 0 Å². The highest BCUT2D eigenvalue weighted by atomic mass is 19.3. The molecule has 0 radical (unpaired) electrons. The SMILES string of the molecule is Cc1nc(NC(C)c2cccc(C3CC3(F)F)c2F)c2cc3c(cc2n1)OCCOCC(C1CC1)O3. The molecule has 9 heteroatoms. The third-order valence-electron chi connectivity index (χ3n) is 7.15. The van der Waals surface area contributed by atoms with E-state index in [-0.39, 0.29) is 18.1 Å². The minimum Gasteiger partial charge on any atom is -0.487 e. The second-order valence-corrected chi connectivity index (χ2v) is 9.99. The van der Waals surface area contributed by atoms with Crippen molar-refractivity contribution in [2.75, 3.05) is 25.1 Å². The summed E-state index contributed by atoms with van der Waals surface area (Å²) >= 11 is 0. The van der Waals surface area contributed by atoms with Crippen LogP contribution in [0.5, 0.6) is 11.5 Å². The number of alkyl halides is 2. The van der Waals surface area contributed by atoms with Crippen molar-refractivity contribution in [1.82, 2.24) is 9.97 Å². The molecule has 0 bridgehead atoms. The minimum atomic E-state index is -2.84. The van der Waals surface area contributed by atoms with Gasteiger partial charge in [-0.3, -0.25) is 0 Å². The number of hydrogen-bond acceptors (Lipinski definition) is 6. The van der Waals surface area contributed by atoms with Crippen LogP contribution >= 0.6 is 0 Å². The van der Waals surface area contributed by atoms with Gasteiger partial charge in [-0.25, -0.2) is 23.1 Å². The highest BCUT2D eigenvalue weighted by Crippen LogP contribution is 2.56. The Labute approximate surface area is 207 Å². The zero-order chi connectivity index (χ0) is 25.0. The number of benzene rings is 2. The van der Waals surface area contributed by atoms with E-state index in [9.17, 15) is 8.78 Å². The van der Waals surface area contributed by atoms with Gasteiger partial charge in [-0.2, -0.15) is 0 Å². The third kappa shape index (κ3) is 4.45. The molecule has 0 saturated heterocycles. The van der Waals surface area contributed by atoms with Gasteiger partial charge in [0.05, 0.1) is 30.7 Å². The molecule has 1 aliphatic heterocycles. The van der Waals surface area contributed by atoms with Crippen LogP contribution in [0.3, 0.4) is 0 Å². The molecule has 2 aromatic carbocycles. The summed E-state index contributed by atoms with van der Waals surface area (Å²) in [5.74, 6) is -1.79. The van der Waals surface area contributed by atoms with Gasteiger partial charge in [-0.05, 0) is 44.2 Å². The van der Waals surface area contributed by atoms with E-state index in [1.165, 1.54) is 6.07 Å². The molecule has 6 rings (SSSR count). The topological polar surface area (TPSA) is 65.5 Å². The molecule has 3 aromatic rings. The molecule has 6 nitrogen and oxygen atoms in total. The summed E-state index contributed by atoms with van der Waals surface area (Å²) in [4.78, 5) is 9.15. The minimum absolute atomic E-state index is 0.0537. The van der Waals surface area contributed by atoms with Crippen molar-refractivity contribution in [2.24, 2.45) is 5.92 Å². The van der Waals surface area contributed by atoms with E-state index in [2.05, 4.69) is 15.3 Å². The van der Waals surface area contributed by atoms with Crippen molar-refractivity contribution in [1.29, 1.82) is 0 Å². The first-order valence-corrected chi connectivity index (χ1v) is 12.4.